The minimum atomic E-state index is -0.215. The van der Waals surface area contributed by atoms with Gasteiger partial charge in [0, 0.05) is 47.2 Å². The van der Waals surface area contributed by atoms with Crippen LogP contribution in [0.15, 0.2) is 23.0 Å². The van der Waals surface area contributed by atoms with Crippen molar-refractivity contribution in [2.45, 2.75) is 59.9 Å². The van der Waals surface area contributed by atoms with Crippen LogP contribution in [0, 0.1) is 26.7 Å². The molecule has 1 aliphatic rings. The molecule has 0 radical (unpaired) electrons. The van der Waals surface area contributed by atoms with Crippen molar-refractivity contribution in [2.24, 2.45) is 5.92 Å². The molecular weight excluding hydrogens is 398 g/mol. The molecular formula is C24H32ClN3O2. The fourth-order valence-electron chi connectivity index (χ4n) is 4.50. The van der Waals surface area contributed by atoms with E-state index in [1.54, 1.807) is 6.07 Å². The van der Waals surface area contributed by atoms with Crippen molar-refractivity contribution < 1.29 is 4.79 Å². The maximum Gasteiger partial charge on any atom is 0.253 e. The number of halogens is 1. The number of pyridine rings is 1. The molecule has 0 aliphatic heterocycles. The molecule has 162 valence electrons. The number of amides is 1. The minimum Gasteiger partial charge on any atom is -0.371 e. The summed E-state index contributed by atoms with van der Waals surface area (Å²) in [6, 6.07) is 5.58. The van der Waals surface area contributed by atoms with Gasteiger partial charge in [0.15, 0.2) is 0 Å². The molecule has 5 nitrogen and oxygen atoms in total. The first-order valence-electron chi connectivity index (χ1n) is 10.8. The van der Waals surface area contributed by atoms with Gasteiger partial charge in [0.05, 0.1) is 0 Å². The summed E-state index contributed by atoms with van der Waals surface area (Å²) in [5.74, 6) is 0.490. The van der Waals surface area contributed by atoms with Gasteiger partial charge in [0.25, 0.3) is 11.5 Å². The van der Waals surface area contributed by atoms with E-state index in [9.17, 15) is 9.59 Å². The summed E-state index contributed by atoms with van der Waals surface area (Å²) >= 11 is 6.41. The summed E-state index contributed by atoms with van der Waals surface area (Å²) in [7, 11) is 0. The lowest BCUT2D eigenvalue weighted by Gasteiger charge is -2.29. The van der Waals surface area contributed by atoms with Crippen molar-refractivity contribution in [3.63, 3.8) is 0 Å². The van der Waals surface area contributed by atoms with E-state index < -0.39 is 0 Å². The van der Waals surface area contributed by atoms with Crippen LogP contribution in [0.4, 0.5) is 5.69 Å². The van der Waals surface area contributed by atoms with Crippen LogP contribution in [0.25, 0.3) is 0 Å². The van der Waals surface area contributed by atoms with E-state index in [-0.39, 0.29) is 18.0 Å². The number of carbonyl (C=O) groups excluding carboxylic acids is 1. The van der Waals surface area contributed by atoms with E-state index in [4.69, 9.17) is 11.6 Å². The molecule has 0 saturated heterocycles. The molecule has 30 heavy (non-hydrogen) atoms. The highest BCUT2D eigenvalue weighted by molar-refractivity contribution is 6.31. The number of hydrogen-bond donors (Lipinski definition) is 2. The smallest absolute Gasteiger partial charge is 0.253 e. The van der Waals surface area contributed by atoms with Gasteiger partial charge in [-0.15, -0.1) is 0 Å². The highest BCUT2D eigenvalue weighted by Crippen LogP contribution is 2.32. The number of carbonyl (C=O) groups is 1. The molecule has 0 unspecified atom stereocenters. The number of H-pyrrole nitrogens is 1. The Labute approximate surface area is 183 Å². The number of nitrogens with one attached hydrogen (secondary N) is 2. The third-order valence-electron chi connectivity index (χ3n) is 6.18. The number of nitrogens with zero attached hydrogens (tertiary/aromatic N) is 1. The Balaban J connectivity index is 1.81. The lowest BCUT2D eigenvalue weighted by molar-refractivity contribution is 0.0950. The Hall–Kier alpha value is -2.27. The van der Waals surface area contributed by atoms with Crippen LogP contribution in [0.1, 0.15) is 65.3 Å². The van der Waals surface area contributed by atoms with E-state index in [2.05, 4.69) is 22.1 Å². The SMILES string of the molecule is CCN(CC1CCCC1)c1cc(Cl)cc(C(=O)NCc2c(C)cc(C)[nH]c2=O)c1C. The van der Waals surface area contributed by atoms with Crippen LogP contribution < -0.4 is 15.8 Å². The molecule has 3 rings (SSSR count). The van der Waals surface area contributed by atoms with E-state index >= 15 is 0 Å². The predicted octanol–water partition coefficient (Wildman–Crippen LogP) is 4.90. The average molecular weight is 430 g/mol. The van der Waals surface area contributed by atoms with Crippen molar-refractivity contribution in [1.82, 2.24) is 10.3 Å². The van der Waals surface area contributed by atoms with Crippen LogP contribution in [-0.2, 0) is 6.54 Å². The first kappa shape index (κ1) is 22.4. The van der Waals surface area contributed by atoms with Crippen LogP contribution >= 0.6 is 11.6 Å². The zero-order valence-corrected chi connectivity index (χ0v) is 19.2. The quantitative estimate of drug-likeness (QED) is 0.657. The molecule has 1 aromatic heterocycles. The van der Waals surface area contributed by atoms with E-state index in [1.807, 2.05) is 32.9 Å². The Morgan fingerprint density at radius 2 is 1.90 bits per heavy atom. The standard InChI is InChI=1S/C24H32ClN3O2/c1-5-28(14-18-8-6-7-9-18)22-12-19(25)11-20(17(22)4)23(29)26-13-21-15(2)10-16(3)27-24(21)30/h10-12,18H,5-9,13-14H2,1-4H3,(H,26,29)(H,27,30). The Bertz CT molecular complexity index is 977. The largest absolute Gasteiger partial charge is 0.371 e. The van der Waals surface area contributed by atoms with Gasteiger partial charge in [-0.3, -0.25) is 9.59 Å². The van der Waals surface area contributed by atoms with Crippen molar-refractivity contribution >= 4 is 23.2 Å². The van der Waals surface area contributed by atoms with E-state index in [1.165, 1.54) is 25.7 Å². The lowest BCUT2D eigenvalue weighted by atomic mass is 10.0. The summed E-state index contributed by atoms with van der Waals surface area (Å²) in [5.41, 5.74) is 4.59. The monoisotopic (exact) mass is 429 g/mol. The fourth-order valence-corrected chi connectivity index (χ4v) is 4.71. The van der Waals surface area contributed by atoms with Crippen LogP contribution in [-0.4, -0.2) is 24.0 Å². The first-order valence-corrected chi connectivity index (χ1v) is 11.2. The summed E-state index contributed by atoms with van der Waals surface area (Å²) in [4.78, 5) is 30.4. The predicted molar refractivity (Wildman–Crippen MR) is 124 cm³/mol. The number of aryl methyl sites for hydroxylation is 2. The second-order valence-corrected chi connectivity index (χ2v) is 8.85. The molecule has 1 saturated carbocycles. The lowest BCUT2D eigenvalue weighted by Crippen LogP contribution is -2.31. The number of benzene rings is 1. The highest BCUT2D eigenvalue weighted by Gasteiger charge is 2.22. The number of rotatable bonds is 7. The van der Waals surface area contributed by atoms with Gasteiger partial charge < -0.3 is 15.2 Å². The normalized spacial score (nSPS) is 14.2. The molecule has 1 amide bonds. The van der Waals surface area contributed by atoms with Crippen LogP contribution in [0.5, 0.6) is 0 Å². The third-order valence-corrected chi connectivity index (χ3v) is 6.40. The van der Waals surface area contributed by atoms with Crippen molar-refractivity contribution in [2.75, 3.05) is 18.0 Å². The molecule has 1 heterocycles. The second-order valence-electron chi connectivity index (χ2n) is 8.41. The van der Waals surface area contributed by atoms with E-state index in [0.717, 1.165) is 35.6 Å². The van der Waals surface area contributed by atoms with Gasteiger partial charge >= 0.3 is 0 Å². The first-order chi connectivity index (χ1) is 14.3. The number of hydrogen-bond acceptors (Lipinski definition) is 3. The molecule has 2 N–H and O–H groups in total. The van der Waals surface area contributed by atoms with Crippen molar-refractivity contribution in [3.05, 3.63) is 61.5 Å². The van der Waals surface area contributed by atoms with Gasteiger partial charge in [0.2, 0.25) is 0 Å². The Morgan fingerprint density at radius 1 is 1.20 bits per heavy atom. The number of anilines is 1. The molecule has 2 aromatic rings. The van der Waals surface area contributed by atoms with Gasteiger partial charge in [-0.05, 0) is 75.8 Å². The summed E-state index contributed by atoms with van der Waals surface area (Å²) in [6.45, 7) is 9.89. The Morgan fingerprint density at radius 3 is 2.53 bits per heavy atom. The van der Waals surface area contributed by atoms with Crippen LogP contribution in [0.2, 0.25) is 5.02 Å². The topological polar surface area (TPSA) is 65.2 Å². The summed E-state index contributed by atoms with van der Waals surface area (Å²) in [5, 5.41) is 3.46. The molecule has 1 aromatic carbocycles. The zero-order valence-electron chi connectivity index (χ0n) is 18.4. The summed E-state index contributed by atoms with van der Waals surface area (Å²) in [6.07, 6.45) is 5.16. The van der Waals surface area contributed by atoms with E-state index in [0.29, 0.717) is 22.1 Å². The third kappa shape index (κ3) is 5.07. The van der Waals surface area contributed by atoms with Crippen molar-refractivity contribution in [3.8, 4) is 0 Å². The maximum atomic E-state index is 13.0. The van der Waals surface area contributed by atoms with Gasteiger partial charge in [0.1, 0.15) is 0 Å². The zero-order chi connectivity index (χ0) is 21.8. The number of aromatic amines is 1. The maximum absolute atomic E-state index is 13.0. The minimum absolute atomic E-state index is 0.162. The molecule has 6 heteroatoms. The van der Waals surface area contributed by atoms with Crippen molar-refractivity contribution in [1.29, 1.82) is 0 Å². The molecule has 1 aliphatic carbocycles. The molecule has 0 spiro atoms. The highest BCUT2D eigenvalue weighted by atomic mass is 35.5. The van der Waals surface area contributed by atoms with Gasteiger partial charge in [-0.25, -0.2) is 0 Å². The molecule has 0 bridgehead atoms. The second kappa shape index (κ2) is 9.69. The van der Waals surface area contributed by atoms with Gasteiger partial charge in [-0.2, -0.15) is 0 Å². The summed E-state index contributed by atoms with van der Waals surface area (Å²) < 4.78 is 0. The molecule has 0 atom stereocenters. The number of aromatic nitrogens is 1. The fraction of sp³-hybridized carbons (Fsp3) is 0.500. The van der Waals surface area contributed by atoms with Crippen LogP contribution in [0.3, 0.4) is 0 Å². The Kier molecular flexibility index (Phi) is 7.24. The van der Waals surface area contributed by atoms with Gasteiger partial charge in [-0.1, -0.05) is 24.4 Å². The average Bonchev–Trinajstić information content (AvgIpc) is 3.20. The molecule has 1 fully saturated rings.